The Hall–Kier alpha value is -2.21. The maximum Gasteiger partial charge on any atom is 0.258 e. The lowest BCUT2D eigenvalue weighted by atomic mass is 9.98. The van der Waals surface area contributed by atoms with Crippen LogP contribution in [0.5, 0.6) is 0 Å². The molecule has 1 aromatic carbocycles. The van der Waals surface area contributed by atoms with Crippen molar-refractivity contribution >= 4 is 11.9 Å². The van der Waals surface area contributed by atoms with Crippen molar-refractivity contribution in [3.63, 3.8) is 0 Å². The molecule has 2 aromatic rings. The van der Waals surface area contributed by atoms with Crippen LogP contribution in [0.25, 0.3) is 0 Å². The quantitative estimate of drug-likeness (QED) is 0.907. The number of nitrogens with one attached hydrogen (secondary N) is 2. The van der Waals surface area contributed by atoms with Crippen LogP contribution in [0.15, 0.2) is 24.3 Å². The van der Waals surface area contributed by atoms with Gasteiger partial charge in [0.1, 0.15) is 0 Å². The summed E-state index contributed by atoms with van der Waals surface area (Å²) in [5, 5.41) is 10.7. The maximum atomic E-state index is 12.4. The number of carbonyl (C=O) groups is 1. The molecule has 0 saturated carbocycles. The largest absolute Gasteiger partial charge is 0.317 e. The number of nitrogens with zero attached hydrogens (tertiary/aromatic N) is 3. The Morgan fingerprint density at radius 2 is 2.05 bits per heavy atom. The van der Waals surface area contributed by atoms with Crippen LogP contribution in [0.1, 0.15) is 40.5 Å². The van der Waals surface area contributed by atoms with Gasteiger partial charge in [-0.3, -0.25) is 10.1 Å². The van der Waals surface area contributed by atoms with Crippen molar-refractivity contribution in [3.05, 3.63) is 41.2 Å². The van der Waals surface area contributed by atoms with Crippen LogP contribution in [0, 0.1) is 6.92 Å². The molecule has 1 fully saturated rings. The number of amides is 1. The van der Waals surface area contributed by atoms with Crippen LogP contribution in [0.4, 0.5) is 5.95 Å². The molecule has 3 rings (SSSR count). The second-order valence-corrected chi connectivity index (χ2v) is 5.71. The van der Waals surface area contributed by atoms with Gasteiger partial charge in [0.15, 0.2) is 5.82 Å². The molecule has 0 unspecified atom stereocenters. The summed E-state index contributed by atoms with van der Waals surface area (Å²) in [5.41, 5.74) is 1.61. The molecular formula is C16H21N5O. The van der Waals surface area contributed by atoms with Gasteiger partial charge in [0.25, 0.3) is 5.91 Å². The Labute approximate surface area is 129 Å². The number of carbonyl (C=O) groups excluding carboxylic acids is 1. The summed E-state index contributed by atoms with van der Waals surface area (Å²) < 4.78 is 1.65. The van der Waals surface area contributed by atoms with Gasteiger partial charge in [-0.2, -0.15) is 10.1 Å². The van der Waals surface area contributed by atoms with Gasteiger partial charge >= 0.3 is 0 Å². The van der Waals surface area contributed by atoms with Gasteiger partial charge in [-0.1, -0.05) is 18.2 Å². The van der Waals surface area contributed by atoms with Crippen molar-refractivity contribution in [1.29, 1.82) is 0 Å². The third-order valence-electron chi connectivity index (χ3n) is 4.10. The maximum absolute atomic E-state index is 12.4. The molecule has 6 heteroatoms. The minimum atomic E-state index is -0.148. The highest BCUT2D eigenvalue weighted by Crippen LogP contribution is 2.23. The van der Waals surface area contributed by atoms with Crippen molar-refractivity contribution < 1.29 is 4.79 Å². The molecule has 6 nitrogen and oxygen atoms in total. The topological polar surface area (TPSA) is 71.8 Å². The van der Waals surface area contributed by atoms with E-state index in [0.29, 0.717) is 17.4 Å². The predicted octanol–water partition coefficient (Wildman–Crippen LogP) is 1.84. The fraction of sp³-hybridized carbons (Fsp3) is 0.438. The molecule has 1 aliphatic heterocycles. The lowest BCUT2D eigenvalue weighted by Crippen LogP contribution is -2.27. The minimum Gasteiger partial charge on any atom is -0.317 e. The predicted molar refractivity (Wildman–Crippen MR) is 85.0 cm³/mol. The van der Waals surface area contributed by atoms with E-state index in [0.717, 1.165) is 37.3 Å². The van der Waals surface area contributed by atoms with E-state index in [1.54, 1.807) is 4.68 Å². The molecular weight excluding hydrogens is 278 g/mol. The Morgan fingerprint density at radius 1 is 1.32 bits per heavy atom. The number of hydrogen-bond donors (Lipinski definition) is 2. The van der Waals surface area contributed by atoms with E-state index in [1.165, 1.54) is 0 Å². The Kier molecular flexibility index (Phi) is 4.20. The Morgan fingerprint density at radius 3 is 2.77 bits per heavy atom. The Bertz CT molecular complexity index is 673. The standard InChI is InChI=1S/C16H21N5O/c1-11-5-3-4-6-13(11)15(22)19-16-18-14(20-21(16)2)12-7-9-17-10-8-12/h3-6,12,17H,7-10H2,1-2H3,(H,18,19,20,22). The Balaban J connectivity index is 1.76. The summed E-state index contributed by atoms with van der Waals surface area (Å²) in [7, 11) is 1.81. The molecule has 0 bridgehead atoms. The second kappa shape index (κ2) is 6.27. The van der Waals surface area contributed by atoms with E-state index < -0.39 is 0 Å². The number of piperidine rings is 1. The lowest BCUT2D eigenvalue weighted by molar-refractivity contribution is 0.102. The van der Waals surface area contributed by atoms with Crippen molar-refractivity contribution in [2.45, 2.75) is 25.7 Å². The highest BCUT2D eigenvalue weighted by molar-refractivity contribution is 6.04. The van der Waals surface area contributed by atoms with Crippen LogP contribution in [-0.2, 0) is 7.05 Å². The molecule has 0 spiro atoms. The summed E-state index contributed by atoms with van der Waals surface area (Å²) in [6, 6.07) is 7.52. The molecule has 1 aromatic heterocycles. The number of benzene rings is 1. The average molecular weight is 299 g/mol. The first-order valence-corrected chi connectivity index (χ1v) is 7.64. The van der Waals surface area contributed by atoms with Gasteiger partial charge < -0.3 is 5.32 Å². The number of aromatic nitrogens is 3. The number of hydrogen-bond acceptors (Lipinski definition) is 4. The number of aryl methyl sites for hydroxylation is 2. The van der Waals surface area contributed by atoms with Gasteiger partial charge in [0.2, 0.25) is 5.95 Å². The number of rotatable bonds is 3. The fourth-order valence-electron chi connectivity index (χ4n) is 2.76. The summed E-state index contributed by atoms with van der Waals surface area (Å²) in [6.45, 7) is 3.91. The summed E-state index contributed by atoms with van der Waals surface area (Å²) in [4.78, 5) is 16.9. The monoisotopic (exact) mass is 299 g/mol. The van der Waals surface area contributed by atoms with Crippen molar-refractivity contribution in [3.8, 4) is 0 Å². The highest BCUT2D eigenvalue weighted by Gasteiger charge is 2.21. The second-order valence-electron chi connectivity index (χ2n) is 5.71. The summed E-state index contributed by atoms with van der Waals surface area (Å²) in [5.74, 6) is 1.55. The highest BCUT2D eigenvalue weighted by atomic mass is 16.1. The third-order valence-corrected chi connectivity index (χ3v) is 4.10. The molecule has 2 N–H and O–H groups in total. The van der Waals surface area contributed by atoms with Crippen molar-refractivity contribution in [2.24, 2.45) is 7.05 Å². The van der Waals surface area contributed by atoms with Gasteiger partial charge in [-0.15, -0.1) is 0 Å². The van der Waals surface area contributed by atoms with Gasteiger partial charge in [0, 0.05) is 18.5 Å². The van der Waals surface area contributed by atoms with Crippen LogP contribution in [0.2, 0.25) is 0 Å². The van der Waals surface area contributed by atoms with E-state index in [9.17, 15) is 4.79 Å². The fourth-order valence-corrected chi connectivity index (χ4v) is 2.76. The zero-order valence-corrected chi connectivity index (χ0v) is 13.0. The zero-order chi connectivity index (χ0) is 15.5. The van der Waals surface area contributed by atoms with E-state index >= 15 is 0 Å². The molecule has 0 radical (unpaired) electrons. The van der Waals surface area contributed by atoms with Crippen LogP contribution < -0.4 is 10.6 Å². The average Bonchev–Trinajstić information content (AvgIpc) is 2.89. The third kappa shape index (κ3) is 3.01. The first-order valence-electron chi connectivity index (χ1n) is 7.64. The normalized spacial score (nSPS) is 15.7. The molecule has 0 atom stereocenters. The number of anilines is 1. The van der Waals surface area contributed by atoms with Gasteiger partial charge in [-0.05, 0) is 44.5 Å². The SMILES string of the molecule is Cc1ccccc1C(=O)Nc1nc(C2CCNCC2)nn1C. The lowest BCUT2D eigenvalue weighted by Gasteiger charge is -2.19. The molecule has 2 heterocycles. The smallest absolute Gasteiger partial charge is 0.258 e. The van der Waals surface area contributed by atoms with Crippen LogP contribution >= 0.6 is 0 Å². The molecule has 0 aliphatic carbocycles. The van der Waals surface area contributed by atoms with Gasteiger partial charge in [-0.25, -0.2) is 4.68 Å². The first-order chi connectivity index (χ1) is 10.6. The van der Waals surface area contributed by atoms with Crippen LogP contribution in [-0.4, -0.2) is 33.8 Å². The van der Waals surface area contributed by atoms with E-state index in [1.807, 2.05) is 38.2 Å². The summed E-state index contributed by atoms with van der Waals surface area (Å²) in [6.07, 6.45) is 2.07. The molecule has 1 aliphatic rings. The van der Waals surface area contributed by atoms with Crippen LogP contribution in [0.3, 0.4) is 0 Å². The van der Waals surface area contributed by atoms with E-state index in [2.05, 4.69) is 20.7 Å². The van der Waals surface area contributed by atoms with Crippen molar-refractivity contribution in [1.82, 2.24) is 20.1 Å². The summed E-state index contributed by atoms with van der Waals surface area (Å²) >= 11 is 0. The minimum absolute atomic E-state index is 0.148. The van der Waals surface area contributed by atoms with E-state index in [4.69, 9.17) is 0 Å². The molecule has 22 heavy (non-hydrogen) atoms. The molecule has 1 amide bonds. The molecule has 1 saturated heterocycles. The van der Waals surface area contributed by atoms with Gasteiger partial charge in [0.05, 0.1) is 0 Å². The molecule has 116 valence electrons. The zero-order valence-electron chi connectivity index (χ0n) is 13.0. The van der Waals surface area contributed by atoms with E-state index in [-0.39, 0.29) is 5.91 Å². The first kappa shape index (κ1) is 14.7. The van der Waals surface area contributed by atoms with Crippen molar-refractivity contribution in [2.75, 3.05) is 18.4 Å².